The van der Waals surface area contributed by atoms with Gasteiger partial charge in [-0.1, -0.05) is 37.3 Å². The van der Waals surface area contributed by atoms with Crippen molar-refractivity contribution in [1.29, 1.82) is 0 Å². The van der Waals surface area contributed by atoms with E-state index in [9.17, 15) is 14.0 Å². The number of halogens is 1. The van der Waals surface area contributed by atoms with E-state index in [4.69, 9.17) is 0 Å². The molecule has 0 radical (unpaired) electrons. The lowest BCUT2D eigenvalue weighted by Gasteiger charge is -2.26. The average Bonchev–Trinajstić information content (AvgIpc) is 2.89. The minimum Gasteiger partial charge on any atom is -0.352 e. The highest BCUT2D eigenvalue weighted by molar-refractivity contribution is 6.04. The number of hydrogen-bond donors (Lipinski definition) is 1. The minimum atomic E-state index is -0.664. The van der Waals surface area contributed by atoms with Gasteiger partial charge in [0.1, 0.15) is 11.9 Å². The van der Waals surface area contributed by atoms with E-state index in [1.165, 1.54) is 12.1 Å². The molecule has 4 nitrogen and oxygen atoms in total. The Kier molecular flexibility index (Phi) is 4.83. The predicted molar refractivity (Wildman–Crippen MR) is 93.4 cm³/mol. The van der Waals surface area contributed by atoms with Crippen LogP contribution in [0.1, 0.15) is 47.8 Å². The number of fused-ring (bicyclic) bond motifs is 1. The van der Waals surface area contributed by atoms with Gasteiger partial charge in [-0.25, -0.2) is 4.39 Å². The molecule has 2 amide bonds. The molecule has 0 spiro atoms. The molecule has 25 heavy (non-hydrogen) atoms. The van der Waals surface area contributed by atoms with Crippen molar-refractivity contribution in [3.05, 3.63) is 71.0 Å². The number of hydrogen-bond acceptors (Lipinski definition) is 2. The van der Waals surface area contributed by atoms with Gasteiger partial charge in [-0.15, -0.1) is 0 Å². The van der Waals surface area contributed by atoms with E-state index >= 15 is 0 Å². The zero-order valence-electron chi connectivity index (χ0n) is 14.3. The molecule has 5 heteroatoms. The Morgan fingerprint density at radius 2 is 1.88 bits per heavy atom. The molecule has 0 unspecified atom stereocenters. The van der Waals surface area contributed by atoms with Gasteiger partial charge in [0.2, 0.25) is 5.91 Å². The van der Waals surface area contributed by atoms with E-state index < -0.39 is 6.04 Å². The highest BCUT2D eigenvalue weighted by atomic mass is 19.1. The zero-order chi connectivity index (χ0) is 18.0. The number of carbonyl (C=O) groups is 2. The van der Waals surface area contributed by atoms with Crippen LogP contribution in [0.2, 0.25) is 0 Å². The third-order valence-corrected chi connectivity index (χ3v) is 4.57. The smallest absolute Gasteiger partial charge is 0.255 e. The normalized spacial score (nSPS) is 17.3. The van der Waals surface area contributed by atoms with E-state index in [0.29, 0.717) is 5.56 Å². The quantitative estimate of drug-likeness (QED) is 0.906. The van der Waals surface area contributed by atoms with Crippen molar-refractivity contribution >= 4 is 11.8 Å². The predicted octanol–water partition coefficient (Wildman–Crippen LogP) is 3.44. The number of nitrogens with one attached hydrogen (secondary N) is 1. The Hall–Kier alpha value is -2.69. The molecule has 130 valence electrons. The van der Waals surface area contributed by atoms with Crippen LogP contribution in [0.25, 0.3) is 0 Å². The van der Waals surface area contributed by atoms with Gasteiger partial charge in [0.15, 0.2) is 0 Å². The van der Waals surface area contributed by atoms with Crippen LogP contribution >= 0.6 is 0 Å². The first-order valence-electron chi connectivity index (χ1n) is 8.46. The van der Waals surface area contributed by atoms with Gasteiger partial charge >= 0.3 is 0 Å². The molecule has 0 saturated heterocycles. The lowest BCUT2D eigenvalue weighted by atomic mass is 10.0. The maximum Gasteiger partial charge on any atom is 0.255 e. The number of amides is 2. The van der Waals surface area contributed by atoms with Crippen molar-refractivity contribution in [3.8, 4) is 0 Å². The molecular weight excluding hydrogens is 319 g/mol. The second kappa shape index (κ2) is 7.05. The van der Waals surface area contributed by atoms with E-state index in [0.717, 1.165) is 17.5 Å². The zero-order valence-corrected chi connectivity index (χ0v) is 14.3. The van der Waals surface area contributed by atoms with Crippen molar-refractivity contribution in [2.45, 2.75) is 38.9 Å². The molecule has 2 atom stereocenters. The topological polar surface area (TPSA) is 49.4 Å². The van der Waals surface area contributed by atoms with Crippen LogP contribution in [0.4, 0.5) is 4.39 Å². The van der Waals surface area contributed by atoms with Gasteiger partial charge < -0.3 is 10.2 Å². The monoisotopic (exact) mass is 340 g/mol. The molecular formula is C20H21FN2O2. The molecule has 2 aromatic carbocycles. The van der Waals surface area contributed by atoms with Crippen LogP contribution in [0.5, 0.6) is 0 Å². The third-order valence-electron chi connectivity index (χ3n) is 4.57. The fourth-order valence-electron chi connectivity index (χ4n) is 3.03. The molecule has 2 aromatic rings. The Bertz CT molecular complexity index is 789. The molecule has 3 rings (SSSR count). The molecule has 0 saturated carbocycles. The lowest BCUT2D eigenvalue weighted by molar-refractivity contribution is -0.126. The summed E-state index contributed by atoms with van der Waals surface area (Å²) < 4.78 is 13.1. The fourth-order valence-corrected chi connectivity index (χ4v) is 3.03. The van der Waals surface area contributed by atoms with E-state index in [2.05, 4.69) is 5.32 Å². The first kappa shape index (κ1) is 17.1. The SMILES string of the molecule is CC[C@@H](C)NC(=O)[C@@H]1c2ccccc2C(=O)N1Cc1ccc(F)cc1. The Morgan fingerprint density at radius 1 is 1.20 bits per heavy atom. The molecule has 0 fully saturated rings. The molecule has 1 N–H and O–H groups in total. The number of rotatable bonds is 5. The summed E-state index contributed by atoms with van der Waals surface area (Å²) in [6.07, 6.45) is 0.812. The molecule has 1 aliphatic heterocycles. The highest BCUT2D eigenvalue weighted by Crippen LogP contribution is 2.35. The first-order valence-corrected chi connectivity index (χ1v) is 8.46. The summed E-state index contributed by atoms with van der Waals surface area (Å²) in [4.78, 5) is 27.2. The summed E-state index contributed by atoms with van der Waals surface area (Å²) in [5, 5.41) is 2.96. The summed E-state index contributed by atoms with van der Waals surface area (Å²) >= 11 is 0. The highest BCUT2D eigenvalue weighted by Gasteiger charge is 2.40. The van der Waals surface area contributed by atoms with Crippen LogP contribution in [0.3, 0.4) is 0 Å². The van der Waals surface area contributed by atoms with Crippen LogP contribution in [0.15, 0.2) is 48.5 Å². The van der Waals surface area contributed by atoms with Crippen molar-refractivity contribution in [3.63, 3.8) is 0 Å². The van der Waals surface area contributed by atoms with Crippen molar-refractivity contribution in [2.24, 2.45) is 0 Å². The number of nitrogens with zero attached hydrogens (tertiary/aromatic N) is 1. The largest absolute Gasteiger partial charge is 0.352 e. The van der Waals surface area contributed by atoms with Gasteiger partial charge in [-0.3, -0.25) is 9.59 Å². The third kappa shape index (κ3) is 3.40. The van der Waals surface area contributed by atoms with Crippen molar-refractivity contribution in [1.82, 2.24) is 10.2 Å². The Labute approximate surface area is 146 Å². The summed E-state index contributed by atoms with van der Waals surface area (Å²) in [5.41, 5.74) is 2.05. The molecule has 1 aliphatic rings. The van der Waals surface area contributed by atoms with Gasteiger partial charge in [0.25, 0.3) is 5.91 Å². The molecule has 0 bridgehead atoms. The van der Waals surface area contributed by atoms with Crippen LogP contribution < -0.4 is 5.32 Å². The molecule has 0 aliphatic carbocycles. The Balaban J connectivity index is 1.92. The summed E-state index contributed by atoms with van der Waals surface area (Å²) in [7, 11) is 0. The summed E-state index contributed by atoms with van der Waals surface area (Å²) in [6.45, 7) is 4.19. The van der Waals surface area contributed by atoms with Crippen LogP contribution in [0, 0.1) is 5.82 Å². The fraction of sp³-hybridized carbons (Fsp3) is 0.300. The Morgan fingerprint density at radius 3 is 2.56 bits per heavy atom. The van der Waals surface area contributed by atoms with E-state index in [1.54, 1.807) is 29.2 Å². The maximum absolute atomic E-state index is 13.1. The average molecular weight is 340 g/mol. The standard InChI is InChI=1S/C20H21FN2O2/c1-3-13(2)22-19(24)18-16-6-4-5-7-17(16)20(25)23(18)12-14-8-10-15(21)11-9-14/h4-11,13,18H,3,12H2,1-2H3,(H,22,24)/t13-,18+/m1/s1. The second-order valence-electron chi connectivity index (χ2n) is 6.37. The molecule has 1 heterocycles. The van der Waals surface area contributed by atoms with Crippen molar-refractivity contribution in [2.75, 3.05) is 0 Å². The van der Waals surface area contributed by atoms with Gasteiger partial charge in [-0.05, 0) is 42.7 Å². The molecule has 0 aromatic heterocycles. The maximum atomic E-state index is 13.1. The van der Waals surface area contributed by atoms with Gasteiger partial charge in [0.05, 0.1) is 0 Å². The summed E-state index contributed by atoms with van der Waals surface area (Å²) in [5.74, 6) is -0.690. The van der Waals surface area contributed by atoms with Crippen LogP contribution in [-0.4, -0.2) is 22.8 Å². The first-order chi connectivity index (χ1) is 12.0. The lowest BCUT2D eigenvalue weighted by Crippen LogP contribution is -2.42. The van der Waals surface area contributed by atoms with Crippen molar-refractivity contribution < 1.29 is 14.0 Å². The minimum absolute atomic E-state index is 0.0306. The van der Waals surface area contributed by atoms with Gasteiger partial charge in [-0.2, -0.15) is 0 Å². The van der Waals surface area contributed by atoms with E-state index in [1.807, 2.05) is 26.0 Å². The van der Waals surface area contributed by atoms with Gasteiger partial charge in [0, 0.05) is 18.2 Å². The van der Waals surface area contributed by atoms with Crippen LogP contribution in [-0.2, 0) is 11.3 Å². The summed E-state index contributed by atoms with van der Waals surface area (Å²) in [6, 6.07) is 12.5. The number of benzene rings is 2. The second-order valence-corrected chi connectivity index (χ2v) is 6.37. The van der Waals surface area contributed by atoms with E-state index in [-0.39, 0.29) is 30.2 Å². The number of carbonyl (C=O) groups excluding carboxylic acids is 2.